The number of anilines is 1. The van der Waals surface area contributed by atoms with Gasteiger partial charge in [0.2, 0.25) is 0 Å². The Kier molecular flexibility index (Phi) is 3.42. The Labute approximate surface area is 106 Å². The maximum atomic E-state index is 11.7. The molecule has 1 fully saturated rings. The normalized spacial score (nSPS) is 22.7. The highest BCUT2D eigenvalue weighted by Gasteiger charge is 2.35. The summed E-state index contributed by atoms with van der Waals surface area (Å²) in [4.78, 5) is 11.7. The molecule has 1 heterocycles. The van der Waals surface area contributed by atoms with E-state index < -0.39 is 0 Å². The molecule has 0 saturated heterocycles. The number of nitrogen functional groups attached to an aromatic ring is 1. The molecular formula is C11H19N5O2. The van der Waals surface area contributed by atoms with E-state index in [0.717, 1.165) is 18.5 Å². The van der Waals surface area contributed by atoms with Crippen LogP contribution in [0.2, 0.25) is 0 Å². The van der Waals surface area contributed by atoms with E-state index in [1.54, 1.807) is 26.2 Å². The summed E-state index contributed by atoms with van der Waals surface area (Å²) in [6.07, 6.45) is 1.28. The van der Waals surface area contributed by atoms with Gasteiger partial charge in [-0.1, -0.05) is 0 Å². The Hall–Kier alpha value is -1.76. The van der Waals surface area contributed by atoms with Crippen molar-refractivity contribution < 1.29 is 9.53 Å². The van der Waals surface area contributed by atoms with Crippen LogP contribution in [0.5, 0.6) is 0 Å². The predicted octanol–water partition coefficient (Wildman–Crippen LogP) is 0.783. The number of rotatable bonds is 3. The minimum atomic E-state index is -0.326. The van der Waals surface area contributed by atoms with Gasteiger partial charge in [0.05, 0.1) is 0 Å². The smallest absolute Gasteiger partial charge is 0.424 e. The number of amides is 1. The van der Waals surface area contributed by atoms with Crippen LogP contribution in [0.1, 0.15) is 24.5 Å². The lowest BCUT2D eigenvalue weighted by Crippen LogP contribution is -2.42. The quantitative estimate of drug-likeness (QED) is 0.777. The fraction of sp³-hybridized carbons (Fsp3) is 0.636. The van der Waals surface area contributed by atoms with Crippen molar-refractivity contribution in [2.24, 2.45) is 0 Å². The summed E-state index contributed by atoms with van der Waals surface area (Å²) < 4.78 is 5.35. The van der Waals surface area contributed by atoms with Crippen LogP contribution in [0.3, 0.4) is 0 Å². The molecule has 0 atom stereocenters. The van der Waals surface area contributed by atoms with E-state index in [0.29, 0.717) is 11.7 Å². The topological polar surface area (TPSA) is 87.5 Å². The zero-order chi connectivity index (χ0) is 13.3. The van der Waals surface area contributed by atoms with Crippen LogP contribution in [0, 0.1) is 0 Å². The van der Waals surface area contributed by atoms with Crippen LogP contribution in [0.15, 0.2) is 6.07 Å². The van der Waals surface area contributed by atoms with Crippen molar-refractivity contribution in [1.29, 1.82) is 0 Å². The molecule has 0 radical (unpaired) electrons. The van der Waals surface area contributed by atoms with E-state index in [-0.39, 0.29) is 12.2 Å². The SMILES string of the molecule is CN(C)N(C)C(=O)OC1CC(c2cc(N)n[nH]2)C1. The van der Waals surface area contributed by atoms with Gasteiger partial charge < -0.3 is 10.5 Å². The number of nitrogens with two attached hydrogens (primary N) is 1. The molecule has 3 N–H and O–H groups in total. The highest BCUT2D eigenvalue weighted by Crippen LogP contribution is 2.38. The summed E-state index contributed by atoms with van der Waals surface area (Å²) in [7, 11) is 5.25. The van der Waals surface area contributed by atoms with Crippen molar-refractivity contribution in [3.8, 4) is 0 Å². The summed E-state index contributed by atoms with van der Waals surface area (Å²) in [6, 6.07) is 1.83. The lowest BCUT2D eigenvalue weighted by Gasteiger charge is -2.35. The van der Waals surface area contributed by atoms with Crippen molar-refractivity contribution >= 4 is 11.9 Å². The molecule has 100 valence electrons. The molecule has 0 unspecified atom stereocenters. The first-order valence-electron chi connectivity index (χ1n) is 5.89. The molecule has 0 spiro atoms. The summed E-state index contributed by atoms with van der Waals surface area (Å²) in [5.74, 6) is 0.857. The van der Waals surface area contributed by atoms with Gasteiger partial charge in [-0.05, 0) is 12.8 Å². The maximum Gasteiger partial charge on any atom is 0.424 e. The number of aromatic amines is 1. The molecular weight excluding hydrogens is 234 g/mol. The second kappa shape index (κ2) is 4.85. The number of H-pyrrole nitrogens is 1. The summed E-state index contributed by atoms with van der Waals surface area (Å²) >= 11 is 0. The molecule has 1 aromatic rings. The Balaban J connectivity index is 1.78. The average Bonchev–Trinajstić information content (AvgIpc) is 2.67. The zero-order valence-electron chi connectivity index (χ0n) is 10.9. The first-order chi connectivity index (χ1) is 8.47. The van der Waals surface area contributed by atoms with Gasteiger partial charge in [-0.3, -0.25) is 5.10 Å². The Bertz CT molecular complexity index is 425. The van der Waals surface area contributed by atoms with Gasteiger partial charge in [-0.15, -0.1) is 0 Å². The Morgan fingerprint density at radius 1 is 1.50 bits per heavy atom. The Morgan fingerprint density at radius 2 is 2.17 bits per heavy atom. The largest absolute Gasteiger partial charge is 0.445 e. The van der Waals surface area contributed by atoms with Crippen molar-refractivity contribution in [2.75, 3.05) is 26.9 Å². The number of hydrazine groups is 1. The molecule has 1 saturated carbocycles. The number of carbonyl (C=O) groups is 1. The molecule has 1 aromatic heterocycles. The summed E-state index contributed by atoms with van der Waals surface area (Å²) in [5.41, 5.74) is 6.56. The van der Waals surface area contributed by atoms with E-state index in [1.165, 1.54) is 5.01 Å². The molecule has 7 nitrogen and oxygen atoms in total. The molecule has 0 aromatic carbocycles. The minimum Gasteiger partial charge on any atom is -0.445 e. The monoisotopic (exact) mass is 253 g/mol. The van der Waals surface area contributed by atoms with Crippen LogP contribution in [-0.4, -0.2) is 53.6 Å². The number of nitrogens with zero attached hydrogens (tertiary/aromatic N) is 3. The van der Waals surface area contributed by atoms with Crippen LogP contribution < -0.4 is 5.73 Å². The van der Waals surface area contributed by atoms with Gasteiger partial charge in [0.15, 0.2) is 0 Å². The fourth-order valence-electron chi connectivity index (χ4n) is 1.86. The van der Waals surface area contributed by atoms with Crippen LogP contribution in [-0.2, 0) is 4.74 Å². The molecule has 18 heavy (non-hydrogen) atoms. The second-order valence-corrected chi connectivity index (χ2v) is 4.79. The molecule has 1 aliphatic rings. The average molecular weight is 253 g/mol. The molecule has 7 heteroatoms. The molecule has 2 rings (SSSR count). The van der Waals surface area contributed by atoms with Crippen LogP contribution >= 0.6 is 0 Å². The van der Waals surface area contributed by atoms with Gasteiger partial charge in [0.1, 0.15) is 11.9 Å². The standard InChI is InChI=1S/C11H19N5O2/c1-15(2)16(3)11(17)18-8-4-7(5-8)9-6-10(12)14-13-9/h6-8H,4-5H2,1-3H3,(H3,12,13,14). The van der Waals surface area contributed by atoms with E-state index in [1.807, 2.05) is 6.07 Å². The molecule has 0 bridgehead atoms. The van der Waals surface area contributed by atoms with Crippen molar-refractivity contribution in [1.82, 2.24) is 20.2 Å². The third-order valence-corrected chi connectivity index (χ3v) is 3.28. The lowest BCUT2D eigenvalue weighted by atomic mass is 9.80. The summed E-state index contributed by atoms with van der Waals surface area (Å²) in [6.45, 7) is 0. The number of ether oxygens (including phenoxy) is 1. The Morgan fingerprint density at radius 3 is 2.67 bits per heavy atom. The molecule has 0 aliphatic heterocycles. The second-order valence-electron chi connectivity index (χ2n) is 4.79. The van der Waals surface area contributed by atoms with E-state index in [2.05, 4.69) is 10.2 Å². The predicted molar refractivity (Wildman–Crippen MR) is 66.7 cm³/mol. The maximum absolute atomic E-state index is 11.7. The number of aromatic nitrogens is 2. The van der Waals surface area contributed by atoms with Crippen LogP contribution in [0.4, 0.5) is 10.6 Å². The molecule has 1 amide bonds. The third-order valence-electron chi connectivity index (χ3n) is 3.28. The van der Waals surface area contributed by atoms with Gasteiger partial charge in [-0.2, -0.15) is 5.10 Å². The van der Waals surface area contributed by atoms with Gasteiger partial charge in [0, 0.05) is 38.8 Å². The van der Waals surface area contributed by atoms with Crippen LogP contribution in [0.25, 0.3) is 0 Å². The van der Waals surface area contributed by atoms with Gasteiger partial charge in [-0.25, -0.2) is 14.8 Å². The number of nitrogens with one attached hydrogen (secondary N) is 1. The highest BCUT2D eigenvalue weighted by atomic mass is 16.6. The number of hydrogen-bond acceptors (Lipinski definition) is 5. The number of hydrogen-bond donors (Lipinski definition) is 2. The summed E-state index contributed by atoms with van der Waals surface area (Å²) in [5, 5.41) is 9.88. The van der Waals surface area contributed by atoms with Crippen molar-refractivity contribution in [3.63, 3.8) is 0 Å². The third kappa shape index (κ3) is 2.56. The van der Waals surface area contributed by atoms with E-state index >= 15 is 0 Å². The number of carbonyl (C=O) groups excluding carboxylic acids is 1. The van der Waals surface area contributed by atoms with Gasteiger partial charge >= 0.3 is 6.09 Å². The van der Waals surface area contributed by atoms with E-state index in [4.69, 9.17) is 10.5 Å². The molecule has 1 aliphatic carbocycles. The lowest BCUT2D eigenvalue weighted by molar-refractivity contribution is -0.0197. The van der Waals surface area contributed by atoms with Crippen molar-refractivity contribution in [2.45, 2.75) is 24.9 Å². The first kappa shape index (κ1) is 12.7. The van der Waals surface area contributed by atoms with E-state index in [9.17, 15) is 4.79 Å². The fourth-order valence-corrected chi connectivity index (χ4v) is 1.86. The highest BCUT2D eigenvalue weighted by molar-refractivity contribution is 5.66. The van der Waals surface area contributed by atoms with Gasteiger partial charge in [0.25, 0.3) is 0 Å². The first-order valence-corrected chi connectivity index (χ1v) is 5.89. The van der Waals surface area contributed by atoms with Crippen molar-refractivity contribution in [3.05, 3.63) is 11.8 Å². The minimum absolute atomic E-state index is 0.0191. The zero-order valence-corrected chi connectivity index (χ0v) is 10.9.